The fraction of sp³-hybridized carbons (Fsp3) is 0.259. The Hall–Kier alpha value is -3.36. The fourth-order valence-corrected chi connectivity index (χ4v) is 4.73. The maximum Gasteiger partial charge on any atom is 0.264 e. The molecule has 36 heavy (non-hydrogen) atoms. The van der Waals surface area contributed by atoms with Gasteiger partial charge in [-0.25, -0.2) is 13.8 Å². The van der Waals surface area contributed by atoms with Crippen molar-refractivity contribution in [3.05, 3.63) is 88.4 Å². The molecule has 0 radical (unpaired) electrons. The maximum atomic E-state index is 13.5. The third-order valence-electron chi connectivity index (χ3n) is 5.33. The number of hydrogen-bond acceptors (Lipinski definition) is 5. The summed E-state index contributed by atoms with van der Waals surface area (Å²) in [5.41, 5.74) is 5.47. The van der Waals surface area contributed by atoms with Gasteiger partial charge in [0.1, 0.15) is 12.3 Å². The summed E-state index contributed by atoms with van der Waals surface area (Å²) in [5, 5.41) is 4.40. The van der Waals surface area contributed by atoms with Crippen LogP contribution in [-0.4, -0.2) is 33.7 Å². The van der Waals surface area contributed by atoms with Crippen molar-refractivity contribution in [3.63, 3.8) is 0 Å². The van der Waals surface area contributed by atoms with Crippen LogP contribution in [0.25, 0.3) is 0 Å². The van der Waals surface area contributed by atoms with Crippen molar-refractivity contribution in [2.75, 3.05) is 17.5 Å². The van der Waals surface area contributed by atoms with E-state index in [-0.39, 0.29) is 4.90 Å². The summed E-state index contributed by atoms with van der Waals surface area (Å²) in [4.78, 5) is 12.8. The maximum absolute atomic E-state index is 13.5. The molecular formula is C27H30ClN3O4S. The lowest BCUT2D eigenvalue weighted by Gasteiger charge is -2.24. The molecular weight excluding hydrogens is 498 g/mol. The van der Waals surface area contributed by atoms with E-state index >= 15 is 0 Å². The van der Waals surface area contributed by atoms with E-state index < -0.39 is 22.5 Å². The molecule has 3 rings (SSSR count). The highest BCUT2D eigenvalue weighted by molar-refractivity contribution is 7.92. The van der Waals surface area contributed by atoms with Gasteiger partial charge in [-0.3, -0.25) is 9.10 Å². The van der Waals surface area contributed by atoms with Crippen molar-refractivity contribution in [1.29, 1.82) is 0 Å². The minimum absolute atomic E-state index is 0.0289. The van der Waals surface area contributed by atoms with E-state index in [0.717, 1.165) is 26.7 Å². The van der Waals surface area contributed by atoms with Gasteiger partial charge in [0.05, 0.1) is 23.4 Å². The van der Waals surface area contributed by atoms with E-state index in [4.69, 9.17) is 16.3 Å². The molecule has 7 nitrogen and oxygen atoms in total. The zero-order valence-electron chi connectivity index (χ0n) is 20.7. The van der Waals surface area contributed by atoms with Crippen LogP contribution in [0.5, 0.6) is 5.75 Å². The number of benzene rings is 3. The van der Waals surface area contributed by atoms with Crippen molar-refractivity contribution in [2.24, 2.45) is 11.0 Å². The average Bonchev–Trinajstić information content (AvgIpc) is 2.84. The van der Waals surface area contributed by atoms with Crippen LogP contribution >= 0.6 is 11.6 Å². The third kappa shape index (κ3) is 7.32. The van der Waals surface area contributed by atoms with Crippen molar-refractivity contribution in [1.82, 2.24) is 5.43 Å². The largest absolute Gasteiger partial charge is 0.493 e. The molecule has 0 saturated carbocycles. The second-order valence-electron chi connectivity index (χ2n) is 8.80. The molecule has 0 aliphatic rings. The van der Waals surface area contributed by atoms with Crippen LogP contribution in [0, 0.1) is 19.8 Å². The number of ether oxygens (including phenoxy) is 1. The normalized spacial score (nSPS) is 11.6. The molecule has 0 aliphatic carbocycles. The number of hydrazone groups is 1. The molecule has 0 aliphatic heterocycles. The number of carbonyl (C=O) groups excluding carboxylic acids is 1. The lowest BCUT2D eigenvalue weighted by atomic mass is 10.1. The Balaban J connectivity index is 1.76. The number of amides is 1. The van der Waals surface area contributed by atoms with Gasteiger partial charge < -0.3 is 4.74 Å². The summed E-state index contributed by atoms with van der Waals surface area (Å²) in [6, 6.07) is 18.3. The number of sulfonamides is 1. The second kappa shape index (κ2) is 12.1. The minimum Gasteiger partial charge on any atom is -0.493 e. The highest BCUT2D eigenvalue weighted by Gasteiger charge is 2.27. The summed E-state index contributed by atoms with van der Waals surface area (Å²) in [7, 11) is -4.04. The van der Waals surface area contributed by atoms with E-state index in [1.807, 2.05) is 44.2 Å². The highest BCUT2D eigenvalue weighted by Crippen LogP contribution is 2.26. The predicted octanol–water partition coefficient (Wildman–Crippen LogP) is 5.34. The molecule has 0 heterocycles. The summed E-state index contributed by atoms with van der Waals surface area (Å²) < 4.78 is 33.6. The Morgan fingerprint density at radius 1 is 1.03 bits per heavy atom. The predicted molar refractivity (Wildman–Crippen MR) is 144 cm³/mol. The van der Waals surface area contributed by atoms with E-state index in [1.54, 1.807) is 12.1 Å². The van der Waals surface area contributed by atoms with E-state index in [2.05, 4.69) is 24.4 Å². The Kier molecular flexibility index (Phi) is 9.12. The molecule has 1 N–H and O–H groups in total. The number of nitrogens with zero attached hydrogens (tertiary/aromatic N) is 2. The zero-order chi connectivity index (χ0) is 26.3. The molecule has 9 heteroatoms. The second-order valence-corrected chi connectivity index (χ2v) is 11.1. The summed E-state index contributed by atoms with van der Waals surface area (Å²) in [6.45, 7) is 8.14. The number of aryl methyl sites for hydroxylation is 2. The van der Waals surface area contributed by atoms with Crippen LogP contribution in [0.2, 0.25) is 5.02 Å². The monoisotopic (exact) mass is 527 g/mol. The van der Waals surface area contributed by atoms with Crippen LogP contribution in [0.3, 0.4) is 0 Å². The molecule has 0 saturated heterocycles. The summed E-state index contributed by atoms with van der Waals surface area (Å²) in [6.07, 6.45) is 1.48. The third-order valence-corrected chi connectivity index (χ3v) is 7.37. The van der Waals surface area contributed by atoms with Crippen molar-refractivity contribution in [3.8, 4) is 5.75 Å². The molecule has 3 aromatic rings. The number of hydrogen-bond donors (Lipinski definition) is 1. The first-order chi connectivity index (χ1) is 17.1. The Morgan fingerprint density at radius 2 is 1.69 bits per heavy atom. The zero-order valence-corrected chi connectivity index (χ0v) is 22.3. The molecule has 1 amide bonds. The van der Waals surface area contributed by atoms with Gasteiger partial charge >= 0.3 is 0 Å². The van der Waals surface area contributed by atoms with Gasteiger partial charge in [-0.15, -0.1) is 0 Å². The number of anilines is 1. The van der Waals surface area contributed by atoms with Gasteiger partial charge in [-0.05, 0) is 97.1 Å². The number of rotatable bonds is 10. The van der Waals surface area contributed by atoms with E-state index in [1.165, 1.54) is 30.5 Å². The van der Waals surface area contributed by atoms with Crippen LogP contribution in [0.1, 0.15) is 30.5 Å². The van der Waals surface area contributed by atoms with Gasteiger partial charge in [0.2, 0.25) is 0 Å². The fourth-order valence-electron chi connectivity index (χ4n) is 3.19. The van der Waals surface area contributed by atoms with Crippen molar-refractivity contribution >= 4 is 39.4 Å². The summed E-state index contributed by atoms with van der Waals surface area (Å²) >= 11 is 5.93. The van der Waals surface area contributed by atoms with Crippen molar-refractivity contribution in [2.45, 2.75) is 32.6 Å². The standard InChI is InChI=1S/C27H30ClN3O4S/c1-19(2)18-35-25-11-6-22(7-12-25)16-29-30-27(32)17-31(24-10-5-20(3)21(4)15-24)36(33,34)26-13-8-23(28)9-14-26/h5-16,19H,17-18H2,1-4H3,(H,30,32)/b29-16-. The van der Waals surface area contributed by atoms with Crippen molar-refractivity contribution < 1.29 is 17.9 Å². The quantitative estimate of drug-likeness (QED) is 0.285. The smallest absolute Gasteiger partial charge is 0.264 e. The van der Waals surface area contributed by atoms with E-state index in [0.29, 0.717) is 23.2 Å². The number of carbonyl (C=O) groups is 1. The number of nitrogens with one attached hydrogen (secondary N) is 1. The highest BCUT2D eigenvalue weighted by atomic mass is 35.5. The van der Waals surface area contributed by atoms with Gasteiger partial charge in [0, 0.05) is 5.02 Å². The van der Waals surface area contributed by atoms with Crippen LogP contribution in [-0.2, 0) is 14.8 Å². The minimum atomic E-state index is -4.04. The molecule has 0 atom stereocenters. The lowest BCUT2D eigenvalue weighted by molar-refractivity contribution is -0.119. The molecule has 3 aromatic carbocycles. The van der Waals surface area contributed by atoms with Crippen LogP contribution in [0.4, 0.5) is 5.69 Å². The van der Waals surface area contributed by atoms with Crippen LogP contribution < -0.4 is 14.5 Å². The first-order valence-corrected chi connectivity index (χ1v) is 13.3. The van der Waals surface area contributed by atoms with Gasteiger partial charge in [-0.1, -0.05) is 31.5 Å². The van der Waals surface area contributed by atoms with Gasteiger partial charge in [0.15, 0.2) is 0 Å². The van der Waals surface area contributed by atoms with Crippen LogP contribution in [0.15, 0.2) is 76.7 Å². The SMILES string of the molecule is Cc1ccc(N(CC(=O)N/N=C\c2ccc(OCC(C)C)cc2)S(=O)(=O)c2ccc(Cl)cc2)cc1C. The topological polar surface area (TPSA) is 88.1 Å². The number of halogens is 1. The molecule has 0 bridgehead atoms. The molecule has 0 fully saturated rings. The first-order valence-electron chi connectivity index (χ1n) is 11.5. The Morgan fingerprint density at radius 3 is 2.31 bits per heavy atom. The lowest BCUT2D eigenvalue weighted by Crippen LogP contribution is -2.39. The molecule has 0 spiro atoms. The molecule has 0 aromatic heterocycles. The van der Waals surface area contributed by atoms with Gasteiger partial charge in [-0.2, -0.15) is 5.10 Å². The molecule has 0 unspecified atom stereocenters. The summed E-state index contributed by atoms with van der Waals surface area (Å²) in [5.74, 6) is 0.591. The first kappa shape index (κ1) is 27.2. The average molecular weight is 528 g/mol. The van der Waals surface area contributed by atoms with E-state index in [9.17, 15) is 13.2 Å². The Labute approximate surface area is 217 Å². The molecule has 190 valence electrons. The Bertz CT molecular complexity index is 1320. The van der Waals surface area contributed by atoms with Gasteiger partial charge in [0.25, 0.3) is 15.9 Å².